The maximum absolute atomic E-state index is 6.02. The summed E-state index contributed by atoms with van der Waals surface area (Å²) in [6.07, 6.45) is 10.3. The van der Waals surface area contributed by atoms with Crippen molar-refractivity contribution in [3.8, 4) is 5.75 Å². The number of ether oxygens (including phenoxy) is 1. The van der Waals surface area contributed by atoms with Crippen molar-refractivity contribution in [2.45, 2.75) is 51.0 Å². The molecular weight excluding hydrogens is 246 g/mol. The van der Waals surface area contributed by atoms with Crippen LogP contribution in [0.25, 0.3) is 0 Å². The molecule has 1 unspecified atom stereocenters. The Morgan fingerprint density at radius 3 is 3.05 bits per heavy atom. The van der Waals surface area contributed by atoms with Crippen LogP contribution in [0, 0.1) is 0 Å². The molecule has 2 heteroatoms. The van der Waals surface area contributed by atoms with Gasteiger partial charge in [-0.25, -0.2) is 0 Å². The zero-order valence-corrected chi connectivity index (χ0v) is 12.7. The molecule has 1 aliphatic rings. The molecule has 0 saturated heterocycles. The highest BCUT2D eigenvalue weighted by molar-refractivity contribution is 5.43. The predicted octanol–water partition coefficient (Wildman–Crippen LogP) is 4.41. The van der Waals surface area contributed by atoms with Gasteiger partial charge in [0, 0.05) is 6.04 Å². The zero-order valence-electron chi connectivity index (χ0n) is 12.7. The summed E-state index contributed by atoms with van der Waals surface area (Å²) in [5, 5.41) is 3.41. The van der Waals surface area contributed by atoms with Crippen molar-refractivity contribution >= 4 is 0 Å². The molecule has 1 aromatic carbocycles. The molecule has 0 spiro atoms. The second-order valence-corrected chi connectivity index (χ2v) is 5.54. The van der Waals surface area contributed by atoms with E-state index in [4.69, 9.17) is 4.74 Å². The highest BCUT2D eigenvalue weighted by Gasteiger charge is 2.21. The Balaban J connectivity index is 1.90. The predicted molar refractivity (Wildman–Crippen MR) is 85.3 cm³/mol. The van der Waals surface area contributed by atoms with Gasteiger partial charge in [0.1, 0.15) is 5.75 Å². The number of nitrogens with one attached hydrogen (secondary N) is 1. The Labute approximate surface area is 123 Å². The van der Waals surface area contributed by atoms with E-state index in [1.165, 1.54) is 36.8 Å². The van der Waals surface area contributed by atoms with Gasteiger partial charge in [0.15, 0.2) is 0 Å². The van der Waals surface area contributed by atoms with E-state index in [0.29, 0.717) is 6.04 Å². The average Bonchev–Trinajstić information content (AvgIpc) is 2.50. The van der Waals surface area contributed by atoms with Crippen molar-refractivity contribution in [1.29, 1.82) is 0 Å². The maximum Gasteiger partial charge on any atom is 0.122 e. The van der Waals surface area contributed by atoms with E-state index >= 15 is 0 Å². The van der Waals surface area contributed by atoms with Crippen LogP contribution in [0.15, 0.2) is 30.9 Å². The van der Waals surface area contributed by atoms with Crippen LogP contribution >= 0.6 is 0 Å². The van der Waals surface area contributed by atoms with Crippen molar-refractivity contribution in [2.75, 3.05) is 13.7 Å². The summed E-state index contributed by atoms with van der Waals surface area (Å²) >= 11 is 0. The van der Waals surface area contributed by atoms with E-state index in [-0.39, 0.29) is 0 Å². The van der Waals surface area contributed by atoms with Crippen molar-refractivity contribution in [1.82, 2.24) is 5.32 Å². The maximum atomic E-state index is 6.02. The summed E-state index contributed by atoms with van der Waals surface area (Å²) in [5.41, 5.74) is 2.85. The molecule has 0 aliphatic heterocycles. The molecular formula is C18H27NO. The third kappa shape index (κ3) is 3.86. The van der Waals surface area contributed by atoms with Crippen LogP contribution < -0.4 is 10.1 Å². The summed E-state index contributed by atoms with van der Waals surface area (Å²) in [6.45, 7) is 4.58. The van der Waals surface area contributed by atoms with E-state index in [0.717, 1.165) is 31.6 Å². The van der Waals surface area contributed by atoms with E-state index in [1.807, 2.05) is 13.1 Å². The summed E-state index contributed by atoms with van der Waals surface area (Å²) in [7, 11) is 2.05. The van der Waals surface area contributed by atoms with Gasteiger partial charge in [-0.15, -0.1) is 6.58 Å². The van der Waals surface area contributed by atoms with Crippen LogP contribution in [0.2, 0.25) is 0 Å². The Hall–Kier alpha value is -1.28. The van der Waals surface area contributed by atoms with Gasteiger partial charge in [-0.2, -0.15) is 0 Å². The largest absolute Gasteiger partial charge is 0.493 e. The molecule has 0 amide bonds. The number of allylic oxidation sites excluding steroid dienone is 1. The molecule has 2 nitrogen and oxygen atoms in total. The van der Waals surface area contributed by atoms with Crippen LogP contribution in [0.5, 0.6) is 5.75 Å². The van der Waals surface area contributed by atoms with Crippen molar-refractivity contribution in [2.24, 2.45) is 0 Å². The fourth-order valence-electron chi connectivity index (χ4n) is 3.00. The van der Waals surface area contributed by atoms with Crippen LogP contribution in [0.1, 0.15) is 55.7 Å². The molecule has 1 N–H and O–H groups in total. The zero-order chi connectivity index (χ0) is 14.2. The van der Waals surface area contributed by atoms with Crippen molar-refractivity contribution in [3.05, 3.63) is 42.0 Å². The molecule has 1 aromatic rings. The van der Waals surface area contributed by atoms with E-state index in [9.17, 15) is 0 Å². The summed E-state index contributed by atoms with van der Waals surface area (Å²) in [4.78, 5) is 0. The molecule has 20 heavy (non-hydrogen) atoms. The van der Waals surface area contributed by atoms with Gasteiger partial charge in [-0.05, 0) is 69.2 Å². The number of benzene rings is 1. The number of unbranched alkanes of at least 4 members (excludes halogenated alkanes) is 3. The van der Waals surface area contributed by atoms with Crippen LogP contribution in [0.3, 0.4) is 0 Å². The van der Waals surface area contributed by atoms with Gasteiger partial charge in [0.25, 0.3) is 0 Å². The van der Waals surface area contributed by atoms with E-state index in [1.54, 1.807) is 0 Å². The first-order chi connectivity index (χ1) is 9.86. The normalized spacial score (nSPS) is 17.6. The molecule has 0 radical (unpaired) electrons. The molecule has 1 aliphatic carbocycles. The first kappa shape index (κ1) is 15.1. The lowest BCUT2D eigenvalue weighted by molar-refractivity contribution is 0.299. The van der Waals surface area contributed by atoms with Crippen molar-refractivity contribution < 1.29 is 4.74 Å². The topological polar surface area (TPSA) is 21.3 Å². The lowest BCUT2D eigenvalue weighted by Gasteiger charge is -2.26. The molecule has 0 heterocycles. The van der Waals surface area contributed by atoms with E-state index in [2.05, 4.69) is 30.1 Å². The quantitative estimate of drug-likeness (QED) is 0.559. The number of fused-ring (bicyclic) bond motifs is 1. The lowest BCUT2D eigenvalue weighted by atomic mass is 9.87. The smallest absolute Gasteiger partial charge is 0.122 e. The Bertz CT molecular complexity index is 427. The Morgan fingerprint density at radius 1 is 1.35 bits per heavy atom. The second-order valence-electron chi connectivity index (χ2n) is 5.54. The van der Waals surface area contributed by atoms with Gasteiger partial charge >= 0.3 is 0 Å². The molecule has 110 valence electrons. The highest BCUT2D eigenvalue weighted by Crippen LogP contribution is 2.35. The van der Waals surface area contributed by atoms with Crippen LogP contribution in [-0.4, -0.2) is 13.7 Å². The van der Waals surface area contributed by atoms with Crippen LogP contribution in [0.4, 0.5) is 0 Å². The minimum atomic E-state index is 0.495. The molecule has 2 rings (SSSR count). The molecule has 1 atom stereocenters. The van der Waals surface area contributed by atoms with E-state index < -0.39 is 0 Å². The third-order valence-corrected chi connectivity index (χ3v) is 4.12. The lowest BCUT2D eigenvalue weighted by Crippen LogP contribution is -2.22. The number of hydrogen-bond donors (Lipinski definition) is 1. The van der Waals surface area contributed by atoms with Gasteiger partial charge in [0.2, 0.25) is 0 Å². The highest BCUT2D eigenvalue weighted by atomic mass is 16.5. The fraction of sp³-hybridized carbons (Fsp3) is 0.556. The summed E-state index contributed by atoms with van der Waals surface area (Å²) in [5.74, 6) is 1.10. The van der Waals surface area contributed by atoms with Crippen LogP contribution in [-0.2, 0) is 6.42 Å². The second kappa shape index (κ2) is 8.11. The molecule has 0 fully saturated rings. The Morgan fingerprint density at radius 2 is 2.25 bits per heavy atom. The van der Waals surface area contributed by atoms with Gasteiger partial charge in [-0.1, -0.05) is 18.2 Å². The first-order valence-corrected chi connectivity index (χ1v) is 7.89. The summed E-state index contributed by atoms with van der Waals surface area (Å²) in [6, 6.07) is 6.99. The minimum Gasteiger partial charge on any atom is -0.493 e. The first-order valence-electron chi connectivity index (χ1n) is 7.89. The molecule has 0 aromatic heterocycles. The third-order valence-electron chi connectivity index (χ3n) is 4.12. The number of rotatable bonds is 8. The average molecular weight is 273 g/mol. The monoisotopic (exact) mass is 273 g/mol. The van der Waals surface area contributed by atoms with Gasteiger partial charge in [-0.3, -0.25) is 0 Å². The minimum absolute atomic E-state index is 0.495. The fourth-order valence-corrected chi connectivity index (χ4v) is 3.00. The molecule has 0 bridgehead atoms. The summed E-state index contributed by atoms with van der Waals surface area (Å²) < 4.78 is 6.02. The number of hydrogen-bond acceptors (Lipinski definition) is 2. The SMILES string of the molecule is C=CCCCCCOc1cccc2c1CCCC2NC. The standard InChI is InChI=1S/C18H27NO/c1-3-4-5-6-7-14-20-18-13-9-10-15-16(18)11-8-12-17(15)19-2/h3,9-10,13,17,19H,1,4-8,11-12,14H2,2H3. The van der Waals surface area contributed by atoms with Gasteiger partial charge in [0.05, 0.1) is 6.61 Å². The van der Waals surface area contributed by atoms with Crippen molar-refractivity contribution in [3.63, 3.8) is 0 Å². The van der Waals surface area contributed by atoms with Gasteiger partial charge < -0.3 is 10.1 Å². The Kier molecular flexibility index (Phi) is 6.13. The molecule has 0 saturated carbocycles.